The van der Waals surface area contributed by atoms with Crippen LogP contribution in [0.3, 0.4) is 0 Å². The van der Waals surface area contributed by atoms with Gasteiger partial charge in [-0.2, -0.15) is 0 Å². The number of benzene rings is 1. The van der Waals surface area contributed by atoms with Gasteiger partial charge in [-0.25, -0.2) is 13.1 Å². The summed E-state index contributed by atoms with van der Waals surface area (Å²) in [7, 11) is -3.46. The van der Waals surface area contributed by atoms with E-state index in [9.17, 15) is 8.42 Å². The first-order chi connectivity index (χ1) is 9.32. The van der Waals surface area contributed by atoms with Crippen LogP contribution in [-0.4, -0.2) is 15.0 Å². The zero-order valence-corrected chi connectivity index (χ0v) is 15.4. The summed E-state index contributed by atoms with van der Waals surface area (Å²) in [5.74, 6) is 0. The average molecular weight is 425 g/mol. The normalized spacial score (nSPS) is 18.9. The van der Waals surface area contributed by atoms with E-state index in [2.05, 4.69) is 43.5 Å². The number of hydrogen-bond acceptors (Lipinski definition) is 2. The van der Waals surface area contributed by atoms with E-state index in [1.165, 1.54) is 19.3 Å². The fourth-order valence-corrected chi connectivity index (χ4v) is 5.57. The van der Waals surface area contributed by atoms with Gasteiger partial charge in [0.15, 0.2) is 0 Å². The number of halogens is 2. The molecule has 1 aliphatic rings. The molecule has 0 bridgehead atoms. The van der Waals surface area contributed by atoms with E-state index in [0.717, 1.165) is 17.3 Å². The first kappa shape index (κ1) is 16.5. The van der Waals surface area contributed by atoms with Crippen LogP contribution in [0.25, 0.3) is 0 Å². The molecule has 1 saturated carbocycles. The molecule has 1 fully saturated rings. The van der Waals surface area contributed by atoms with Crippen molar-refractivity contribution in [1.29, 1.82) is 0 Å². The number of nitrogens with one attached hydrogen (secondary N) is 1. The molecule has 0 saturated heterocycles. The van der Waals surface area contributed by atoms with Crippen molar-refractivity contribution in [3.63, 3.8) is 0 Å². The fraction of sp³-hybridized carbons (Fsp3) is 0.571. The molecule has 0 heterocycles. The van der Waals surface area contributed by atoms with Crippen LogP contribution >= 0.6 is 31.9 Å². The Balaban J connectivity index is 2.11. The van der Waals surface area contributed by atoms with Crippen LogP contribution in [-0.2, 0) is 10.0 Å². The molecule has 1 aromatic rings. The Morgan fingerprint density at radius 2 is 1.85 bits per heavy atom. The van der Waals surface area contributed by atoms with Gasteiger partial charge >= 0.3 is 0 Å². The van der Waals surface area contributed by atoms with Crippen LogP contribution in [0.15, 0.2) is 32.0 Å². The monoisotopic (exact) mass is 423 g/mol. The van der Waals surface area contributed by atoms with E-state index >= 15 is 0 Å². The molecule has 0 aromatic heterocycles. The molecule has 1 aromatic carbocycles. The van der Waals surface area contributed by atoms with Gasteiger partial charge in [0.25, 0.3) is 0 Å². The third-order valence-electron chi connectivity index (χ3n) is 3.93. The van der Waals surface area contributed by atoms with Crippen LogP contribution in [0.5, 0.6) is 0 Å². The van der Waals surface area contributed by atoms with E-state index in [0.29, 0.717) is 15.9 Å². The van der Waals surface area contributed by atoms with Crippen molar-refractivity contribution in [2.45, 2.75) is 43.9 Å². The molecule has 0 atom stereocenters. The van der Waals surface area contributed by atoms with Crippen LogP contribution in [0, 0.1) is 5.41 Å². The largest absolute Gasteiger partial charge is 0.241 e. The SMILES string of the molecule is CC1(CNS(=O)(=O)c2ccc(Br)cc2Br)CCCCC1. The Kier molecular flexibility index (Phi) is 5.32. The molecule has 0 spiro atoms. The summed E-state index contributed by atoms with van der Waals surface area (Å²) in [5.41, 5.74) is 0.0904. The molecule has 1 aliphatic carbocycles. The van der Waals surface area contributed by atoms with Gasteiger partial charge in [-0.05, 0) is 52.4 Å². The first-order valence-corrected chi connectivity index (χ1v) is 9.84. The summed E-state index contributed by atoms with van der Waals surface area (Å²) < 4.78 is 29.0. The van der Waals surface area contributed by atoms with Gasteiger partial charge < -0.3 is 0 Å². The molecule has 6 heteroatoms. The number of rotatable bonds is 4. The third-order valence-corrected chi connectivity index (χ3v) is 6.80. The minimum Gasteiger partial charge on any atom is -0.211 e. The predicted molar refractivity (Wildman–Crippen MR) is 88.2 cm³/mol. The fourth-order valence-electron chi connectivity index (χ4n) is 2.62. The van der Waals surface area contributed by atoms with Crippen molar-refractivity contribution < 1.29 is 8.42 Å². The number of sulfonamides is 1. The van der Waals surface area contributed by atoms with Crippen LogP contribution < -0.4 is 4.72 Å². The van der Waals surface area contributed by atoms with Gasteiger partial charge in [0.05, 0.1) is 4.90 Å². The minimum atomic E-state index is -3.46. The van der Waals surface area contributed by atoms with E-state index in [4.69, 9.17) is 0 Å². The second kappa shape index (κ2) is 6.46. The third kappa shape index (κ3) is 4.06. The lowest BCUT2D eigenvalue weighted by atomic mass is 9.76. The predicted octanol–water partition coefficient (Wildman–Crippen LogP) is 4.46. The topological polar surface area (TPSA) is 46.2 Å². The highest BCUT2D eigenvalue weighted by atomic mass is 79.9. The summed E-state index contributed by atoms with van der Waals surface area (Å²) in [6.07, 6.45) is 5.84. The summed E-state index contributed by atoms with van der Waals surface area (Å²) >= 11 is 6.64. The van der Waals surface area contributed by atoms with Gasteiger partial charge in [0, 0.05) is 15.5 Å². The van der Waals surface area contributed by atoms with Gasteiger partial charge in [0.2, 0.25) is 10.0 Å². The van der Waals surface area contributed by atoms with Crippen LogP contribution in [0.1, 0.15) is 39.0 Å². The molecule has 3 nitrogen and oxygen atoms in total. The van der Waals surface area contributed by atoms with E-state index in [1.807, 2.05) is 0 Å². The van der Waals surface area contributed by atoms with Gasteiger partial charge in [0.1, 0.15) is 0 Å². The van der Waals surface area contributed by atoms with E-state index in [1.54, 1.807) is 18.2 Å². The summed E-state index contributed by atoms with van der Waals surface area (Å²) in [5, 5.41) is 0. The Bertz CT molecular complexity index is 581. The summed E-state index contributed by atoms with van der Waals surface area (Å²) in [4.78, 5) is 0.292. The Morgan fingerprint density at radius 3 is 2.45 bits per heavy atom. The standard InChI is InChI=1S/C14H19Br2NO2S/c1-14(7-3-2-4-8-14)10-17-20(18,19)13-6-5-11(15)9-12(13)16/h5-6,9,17H,2-4,7-8,10H2,1H3. The van der Waals surface area contributed by atoms with Gasteiger partial charge in [-0.3, -0.25) is 0 Å². The molecule has 20 heavy (non-hydrogen) atoms. The summed E-state index contributed by atoms with van der Waals surface area (Å²) in [6.45, 7) is 2.68. The molecule has 0 radical (unpaired) electrons. The van der Waals surface area contributed by atoms with Crippen molar-refractivity contribution in [3.05, 3.63) is 27.1 Å². The lowest BCUT2D eigenvalue weighted by Gasteiger charge is -2.33. The lowest BCUT2D eigenvalue weighted by molar-refractivity contribution is 0.219. The first-order valence-electron chi connectivity index (χ1n) is 6.77. The van der Waals surface area contributed by atoms with E-state index < -0.39 is 10.0 Å². The van der Waals surface area contributed by atoms with E-state index in [-0.39, 0.29) is 5.41 Å². The highest BCUT2D eigenvalue weighted by molar-refractivity contribution is 9.11. The van der Waals surface area contributed by atoms with Crippen molar-refractivity contribution in [1.82, 2.24) is 4.72 Å². The molecule has 0 aliphatic heterocycles. The Morgan fingerprint density at radius 1 is 1.20 bits per heavy atom. The van der Waals surface area contributed by atoms with Gasteiger partial charge in [-0.1, -0.05) is 42.1 Å². The van der Waals surface area contributed by atoms with Crippen molar-refractivity contribution in [2.24, 2.45) is 5.41 Å². The molecular formula is C14H19Br2NO2S. The zero-order valence-electron chi connectivity index (χ0n) is 11.5. The van der Waals surface area contributed by atoms with Crippen LogP contribution in [0.4, 0.5) is 0 Å². The summed E-state index contributed by atoms with van der Waals surface area (Å²) in [6, 6.07) is 5.10. The van der Waals surface area contributed by atoms with Gasteiger partial charge in [-0.15, -0.1) is 0 Å². The molecule has 2 rings (SSSR count). The molecule has 1 N–H and O–H groups in total. The number of hydrogen-bond donors (Lipinski definition) is 1. The highest BCUT2D eigenvalue weighted by Crippen LogP contribution is 2.35. The lowest BCUT2D eigenvalue weighted by Crippen LogP contribution is -2.37. The second-order valence-corrected chi connectivity index (χ2v) is 9.28. The minimum absolute atomic E-state index is 0.0904. The van der Waals surface area contributed by atoms with Crippen molar-refractivity contribution in [2.75, 3.05) is 6.54 Å². The molecule has 0 unspecified atom stereocenters. The zero-order chi connectivity index (χ0) is 14.8. The maximum absolute atomic E-state index is 12.4. The maximum Gasteiger partial charge on any atom is 0.241 e. The molecule has 112 valence electrons. The Hall–Kier alpha value is 0.0900. The van der Waals surface area contributed by atoms with Crippen molar-refractivity contribution in [3.8, 4) is 0 Å². The molecular weight excluding hydrogens is 406 g/mol. The molecule has 0 amide bonds. The Labute approximate surface area is 137 Å². The quantitative estimate of drug-likeness (QED) is 0.775. The average Bonchev–Trinajstić information content (AvgIpc) is 2.37. The second-order valence-electron chi connectivity index (χ2n) is 5.77. The van der Waals surface area contributed by atoms with Crippen molar-refractivity contribution >= 4 is 41.9 Å². The van der Waals surface area contributed by atoms with Crippen LogP contribution in [0.2, 0.25) is 0 Å². The maximum atomic E-state index is 12.4. The smallest absolute Gasteiger partial charge is 0.211 e. The highest BCUT2D eigenvalue weighted by Gasteiger charge is 2.29.